The molecule has 0 aliphatic carbocycles. The molecular formula is C26H22F7NO4. The molecule has 38 heavy (non-hydrogen) atoms. The lowest BCUT2D eigenvalue weighted by Crippen LogP contribution is -2.40. The first kappa shape index (κ1) is 27.4. The third-order valence-corrected chi connectivity index (χ3v) is 5.66. The van der Waals surface area contributed by atoms with E-state index in [4.69, 9.17) is 4.74 Å². The van der Waals surface area contributed by atoms with Gasteiger partial charge in [0.15, 0.2) is 5.75 Å². The Hall–Kier alpha value is -3.67. The molecule has 3 aromatic rings. The minimum atomic E-state index is -4.87. The molecule has 3 aromatic carbocycles. The number of hydrogen-bond donors (Lipinski definition) is 1. The van der Waals surface area contributed by atoms with Gasteiger partial charge in [-0.2, -0.15) is 17.6 Å². The Labute approximate surface area is 213 Å². The number of hydrogen-bond acceptors (Lipinski definition) is 5. The zero-order valence-corrected chi connectivity index (χ0v) is 19.8. The van der Waals surface area contributed by atoms with Crippen LogP contribution in [0.2, 0.25) is 0 Å². The van der Waals surface area contributed by atoms with E-state index in [-0.39, 0.29) is 13.2 Å². The first-order valence-corrected chi connectivity index (χ1v) is 11.4. The number of anilines is 1. The number of halogens is 7. The second-order valence-electron chi connectivity index (χ2n) is 8.59. The molecule has 0 amide bonds. The Kier molecular flexibility index (Phi) is 7.63. The van der Waals surface area contributed by atoms with Crippen LogP contribution in [-0.4, -0.2) is 43.3 Å². The number of rotatable bonds is 8. The van der Waals surface area contributed by atoms with E-state index in [0.717, 1.165) is 12.1 Å². The Morgan fingerprint density at radius 1 is 0.947 bits per heavy atom. The molecule has 2 atom stereocenters. The summed E-state index contributed by atoms with van der Waals surface area (Å²) in [6.07, 6.45) is -14.4. The molecule has 0 fully saturated rings. The summed E-state index contributed by atoms with van der Waals surface area (Å²) in [4.78, 5) is 1.74. The van der Waals surface area contributed by atoms with Crippen molar-refractivity contribution < 1.29 is 50.1 Å². The van der Waals surface area contributed by atoms with Gasteiger partial charge in [0, 0.05) is 12.1 Å². The van der Waals surface area contributed by atoms with Crippen LogP contribution >= 0.6 is 0 Å². The largest absolute Gasteiger partial charge is 0.573 e. The second-order valence-corrected chi connectivity index (χ2v) is 8.59. The molecule has 1 aliphatic heterocycles. The lowest BCUT2D eigenvalue weighted by atomic mass is 9.98. The topological polar surface area (TPSA) is 51.2 Å². The van der Waals surface area contributed by atoms with Gasteiger partial charge in [-0.1, -0.05) is 36.4 Å². The Morgan fingerprint density at radius 3 is 2.26 bits per heavy atom. The number of nitrogens with zero attached hydrogens (tertiary/aromatic N) is 1. The molecule has 0 bridgehead atoms. The first-order chi connectivity index (χ1) is 17.8. The highest BCUT2D eigenvalue weighted by atomic mass is 19.4. The monoisotopic (exact) mass is 545 g/mol. The maximum atomic E-state index is 13.5. The molecule has 1 N–H and O–H groups in total. The van der Waals surface area contributed by atoms with Gasteiger partial charge in [0.05, 0.1) is 17.8 Å². The van der Waals surface area contributed by atoms with E-state index < -0.39 is 42.5 Å². The summed E-state index contributed by atoms with van der Waals surface area (Å²) in [6.45, 7) is 1.56. The Balaban J connectivity index is 1.71. The molecule has 204 valence electrons. The predicted octanol–water partition coefficient (Wildman–Crippen LogP) is 6.81. The molecule has 4 rings (SSSR count). The fourth-order valence-electron chi connectivity index (χ4n) is 4.18. The molecule has 0 unspecified atom stereocenters. The predicted molar refractivity (Wildman–Crippen MR) is 124 cm³/mol. The van der Waals surface area contributed by atoms with Crippen LogP contribution in [-0.2, 0) is 0 Å². The number of aliphatic hydroxyl groups excluding tert-OH is 1. The number of para-hydroxylation sites is 1. The van der Waals surface area contributed by atoms with E-state index in [1.54, 1.807) is 35.2 Å². The van der Waals surface area contributed by atoms with Gasteiger partial charge in [-0.25, -0.2) is 0 Å². The van der Waals surface area contributed by atoms with E-state index in [0.29, 0.717) is 28.1 Å². The lowest BCUT2D eigenvalue weighted by molar-refractivity contribution is -0.274. The van der Waals surface area contributed by atoms with Crippen LogP contribution in [0.3, 0.4) is 0 Å². The quantitative estimate of drug-likeness (QED) is 0.315. The average Bonchev–Trinajstić information content (AvgIpc) is 2.82. The third-order valence-electron chi connectivity index (χ3n) is 5.66. The van der Waals surface area contributed by atoms with Crippen LogP contribution in [0.1, 0.15) is 18.5 Å². The number of aliphatic hydroxyl groups is 1. The highest BCUT2D eigenvalue weighted by Crippen LogP contribution is 2.46. The van der Waals surface area contributed by atoms with Crippen LogP contribution < -0.4 is 19.1 Å². The van der Waals surface area contributed by atoms with E-state index in [2.05, 4.69) is 9.47 Å². The first-order valence-electron chi connectivity index (χ1n) is 11.4. The molecule has 5 nitrogen and oxygen atoms in total. The van der Waals surface area contributed by atoms with Crippen LogP contribution in [0.15, 0.2) is 66.7 Å². The van der Waals surface area contributed by atoms with Crippen molar-refractivity contribution in [2.24, 2.45) is 0 Å². The maximum absolute atomic E-state index is 13.5. The molecule has 12 heteroatoms. The fourth-order valence-corrected chi connectivity index (χ4v) is 4.18. The van der Waals surface area contributed by atoms with Gasteiger partial charge in [-0.3, -0.25) is 0 Å². The number of alkyl halides is 7. The Bertz CT molecular complexity index is 1270. The van der Waals surface area contributed by atoms with Gasteiger partial charge in [0.25, 0.3) is 0 Å². The van der Waals surface area contributed by atoms with Crippen molar-refractivity contribution in [2.75, 3.05) is 18.1 Å². The molecule has 1 heterocycles. The van der Waals surface area contributed by atoms with Gasteiger partial charge >= 0.3 is 18.9 Å². The summed E-state index contributed by atoms with van der Waals surface area (Å²) in [6, 6.07) is 14.9. The van der Waals surface area contributed by atoms with Crippen molar-refractivity contribution in [3.8, 4) is 28.4 Å². The van der Waals surface area contributed by atoms with Crippen LogP contribution in [0.5, 0.6) is 17.2 Å². The normalized spacial score (nSPS) is 16.6. The van der Waals surface area contributed by atoms with Crippen molar-refractivity contribution in [1.82, 2.24) is 0 Å². The molecule has 1 aliphatic rings. The van der Waals surface area contributed by atoms with Gasteiger partial charge in [0.2, 0.25) is 0 Å². The number of benzene rings is 3. The van der Waals surface area contributed by atoms with E-state index in [1.807, 2.05) is 0 Å². The zero-order chi connectivity index (χ0) is 27.7. The number of fused-ring (bicyclic) bond motifs is 1. The lowest BCUT2D eigenvalue weighted by Gasteiger charge is -2.40. The summed E-state index contributed by atoms with van der Waals surface area (Å²) in [5.74, 6) is -0.574. The van der Waals surface area contributed by atoms with E-state index >= 15 is 0 Å². The minimum Gasteiger partial charge on any atom is -0.488 e. The zero-order valence-electron chi connectivity index (χ0n) is 19.8. The number of ether oxygens (including phenoxy) is 3. The molecule has 0 aromatic heterocycles. The van der Waals surface area contributed by atoms with E-state index in [9.17, 15) is 35.8 Å². The summed E-state index contributed by atoms with van der Waals surface area (Å²) >= 11 is 0. The van der Waals surface area contributed by atoms with Crippen molar-refractivity contribution in [3.63, 3.8) is 0 Å². The smallest absolute Gasteiger partial charge is 0.488 e. The third kappa shape index (κ3) is 6.24. The summed E-state index contributed by atoms with van der Waals surface area (Å²) in [5.41, 5.74) is 1.71. The second kappa shape index (κ2) is 10.6. The van der Waals surface area contributed by atoms with Gasteiger partial charge in [-0.05, 0) is 48.4 Å². The van der Waals surface area contributed by atoms with Crippen LogP contribution in [0, 0.1) is 0 Å². The SMILES string of the molecule is C[C@H](O)CN1c2cccc(-c3cccc(OC(F)(F)F)c3)c2OC[C@@H]1c1cccc(OC(F)(F)C(F)F)c1. The Morgan fingerprint density at radius 2 is 1.61 bits per heavy atom. The van der Waals surface area contributed by atoms with Crippen molar-refractivity contribution in [3.05, 3.63) is 72.3 Å². The standard InChI is InChI=1S/C26H22F7NO4/c1-15(35)13-34-21-10-4-9-20(16-5-2-8-19(11-16)38-26(31,32)33)23(21)36-14-22(34)17-6-3-7-18(12-17)37-25(29,30)24(27)28/h2-12,15,22,24,35H,13-14H2,1H3/t15-,22+/m0/s1. The molecular weight excluding hydrogens is 523 g/mol. The highest BCUT2D eigenvalue weighted by Gasteiger charge is 2.44. The van der Waals surface area contributed by atoms with Gasteiger partial charge in [0.1, 0.15) is 18.1 Å². The molecule has 0 saturated heterocycles. The van der Waals surface area contributed by atoms with Crippen LogP contribution in [0.4, 0.5) is 36.4 Å². The van der Waals surface area contributed by atoms with Crippen molar-refractivity contribution in [1.29, 1.82) is 0 Å². The van der Waals surface area contributed by atoms with Gasteiger partial charge < -0.3 is 24.2 Å². The van der Waals surface area contributed by atoms with E-state index in [1.165, 1.54) is 31.2 Å². The average molecular weight is 545 g/mol. The number of β-amino-alcohol motifs (C(OH)–C–C–N with tert-alkyl or cyclic N) is 1. The molecule has 0 radical (unpaired) electrons. The molecule has 0 saturated carbocycles. The van der Waals surface area contributed by atoms with Crippen molar-refractivity contribution >= 4 is 5.69 Å². The minimum absolute atomic E-state index is 0.0514. The van der Waals surface area contributed by atoms with Crippen LogP contribution in [0.25, 0.3) is 11.1 Å². The maximum Gasteiger partial charge on any atom is 0.573 e. The highest BCUT2D eigenvalue weighted by molar-refractivity contribution is 5.80. The summed E-state index contributed by atoms with van der Waals surface area (Å²) in [7, 11) is 0. The van der Waals surface area contributed by atoms with Crippen molar-refractivity contribution in [2.45, 2.75) is 38.0 Å². The molecule has 0 spiro atoms. The summed E-state index contributed by atoms with van der Waals surface area (Å²) in [5, 5.41) is 10.2. The fraction of sp³-hybridized carbons (Fsp3) is 0.308. The summed E-state index contributed by atoms with van der Waals surface area (Å²) < 4.78 is 105. The van der Waals surface area contributed by atoms with Gasteiger partial charge in [-0.15, -0.1) is 13.2 Å².